The van der Waals surface area contributed by atoms with E-state index < -0.39 is 0 Å². The van der Waals surface area contributed by atoms with Crippen molar-refractivity contribution in [2.75, 3.05) is 13.1 Å². The number of likely N-dealkylation sites (tertiary alicyclic amines) is 1. The second-order valence-corrected chi connectivity index (χ2v) is 8.34. The van der Waals surface area contributed by atoms with E-state index in [-0.39, 0.29) is 5.41 Å². The van der Waals surface area contributed by atoms with Gasteiger partial charge in [0.1, 0.15) is 12.7 Å². The van der Waals surface area contributed by atoms with E-state index in [1.54, 1.807) is 6.33 Å². The minimum absolute atomic E-state index is 0.213. The molecule has 0 spiro atoms. The number of amides is 1. The summed E-state index contributed by atoms with van der Waals surface area (Å²) in [6.07, 6.45) is 9.31. The minimum Gasteiger partial charge on any atom is -0.343 e. The standard InChI is InChI=1S/C23H34N4O/c1-4-21(5-2)23(16-27-18-24-17-25-27)12-14-26(15-13-23)22(28)11-10-20-8-6-19(3)7-9-20/h6-9,17-18,21H,4-5,10-16H2,1-3H3. The van der Waals surface area contributed by atoms with Gasteiger partial charge in [0.15, 0.2) is 0 Å². The van der Waals surface area contributed by atoms with Crippen LogP contribution in [0.2, 0.25) is 0 Å². The molecule has 1 saturated heterocycles. The van der Waals surface area contributed by atoms with Crippen molar-refractivity contribution in [3.8, 4) is 0 Å². The van der Waals surface area contributed by atoms with Gasteiger partial charge in [-0.1, -0.05) is 56.5 Å². The van der Waals surface area contributed by atoms with Gasteiger partial charge < -0.3 is 4.90 Å². The molecule has 5 nitrogen and oxygen atoms in total. The van der Waals surface area contributed by atoms with E-state index in [9.17, 15) is 4.79 Å². The molecule has 0 radical (unpaired) electrons. The van der Waals surface area contributed by atoms with Gasteiger partial charge in [0.05, 0.1) is 0 Å². The largest absolute Gasteiger partial charge is 0.343 e. The molecular formula is C23H34N4O. The first-order valence-electron chi connectivity index (χ1n) is 10.7. The molecule has 2 heterocycles. The van der Waals surface area contributed by atoms with Crippen LogP contribution in [0, 0.1) is 18.3 Å². The Bertz CT molecular complexity index is 726. The lowest BCUT2D eigenvalue weighted by Crippen LogP contribution is -2.48. The third-order valence-electron chi connectivity index (χ3n) is 6.66. The number of hydrogen-bond acceptors (Lipinski definition) is 3. The zero-order valence-corrected chi connectivity index (χ0v) is 17.6. The number of carbonyl (C=O) groups is 1. The summed E-state index contributed by atoms with van der Waals surface area (Å²) < 4.78 is 1.98. The van der Waals surface area contributed by atoms with E-state index in [1.807, 2.05) is 11.0 Å². The molecule has 0 N–H and O–H groups in total. The molecule has 2 aromatic rings. The van der Waals surface area contributed by atoms with Crippen molar-refractivity contribution in [2.24, 2.45) is 11.3 Å². The summed E-state index contributed by atoms with van der Waals surface area (Å²) in [6.45, 7) is 9.29. The maximum atomic E-state index is 12.8. The molecule has 1 aromatic carbocycles. The highest BCUT2D eigenvalue weighted by Crippen LogP contribution is 2.43. The zero-order chi connectivity index (χ0) is 20.0. The molecule has 0 aliphatic carbocycles. The molecular weight excluding hydrogens is 348 g/mol. The molecule has 0 atom stereocenters. The number of aromatic nitrogens is 3. The topological polar surface area (TPSA) is 51.0 Å². The van der Waals surface area contributed by atoms with Gasteiger partial charge in [-0.25, -0.2) is 4.98 Å². The summed E-state index contributed by atoms with van der Waals surface area (Å²) in [6, 6.07) is 8.51. The Labute approximate surface area is 169 Å². The van der Waals surface area contributed by atoms with Crippen LogP contribution in [-0.4, -0.2) is 38.7 Å². The Morgan fingerprint density at radius 1 is 1.14 bits per heavy atom. The summed E-state index contributed by atoms with van der Waals surface area (Å²) in [4.78, 5) is 19.0. The molecule has 3 rings (SSSR count). The van der Waals surface area contributed by atoms with Crippen molar-refractivity contribution in [1.82, 2.24) is 19.7 Å². The van der Waals surface area contributed by atoms with Gasteiger partial charge in [-0.3, -0.25) is 9.48 Å². The number of aryl methyl sites for hydroxylation is 2. The number of carbonyl (C=O) groups excluding carboxylic acids is 1. The Hall–Kier alpha value is -2.17. The number of nitrogens with zero attached hydrogens (tertiary/aromatic N) is 4. The smallest absolute Gasteiger partial charge is 0.222 e. The molecule has 1 aliphatic rings. The van der Waals surface area contributed by atoms with Crippen molar-refractivity contribution in [1.29, 1.82) is 0 Å². The van der Waals surface area contributed by atoms with Crippen LogP contribution in [0.15, 0.2) is 36.9 Å². The van der Waals surface area contributed by atoms with Gasteiger partial charge in [0.2, 0.25) is 5.91 Å². The lowest BCUT2D eigenvalue weighted by molar-refractivity contribution is -0.134. The fraction of sp³-hybridized carbons (Fsp3) is 0.609. The average molecular weight is 383 g/mol. The van der Waals surface area contributed by atoms with E-state index in [4.69, 9.17) is 0 Å². The highest BCUT2D eigenvalue weighted by molar-refractivity contribution is 5.76. The second kappa shape index (κ2) is 9.35. The second-order valence-electron chi connectivity index (χ2n) is 8.34. The number of hydrogen-bond donors (Lipinski definition) is 0. The molecule has 28 heavy (non-hydrogen) atoms. The highest BCUT2D eigenvalue weighted by atomic mass is 16.2. The first kappa shape index (κ1) is 20.6. The summed E-state index contributed by atoms with van der Waals surface area (Å²) >= 11 is 0. The zero-order valence-electron chi connectivity index (χ0n) is 17.6. The predicted octanol–water partition coefficient (Wildman–Crippen LogP) is 4.26. The van der Waals surface area contributed by atoms with Crippen LogP contribution in [0.25, 0.3) is 0 Å². The summed E-state index contributed by atoms with van der Waals surface area (Å²) in [5.74, 6) is 0.945. The van der Waals surface area contributed by atoms with E-state index in [0.717, 1.165) is 38.9 Å². The Balaban J connectivity index is 1.59. The molecule has 0 saturated carbocycles. The van der Waals surface area contributed by atoms with Gasteiger partial charge in [0.25, 0.3) is 0 Å². The number of rotatable bonds is 8. The van der Waals surface area contributed by atoms with Gasteiger partial charge >= 0.3 is 0 Å². The van der Waals surface area contributed by atoms with Crippen molar-refractivity contribution in [3.63, 3.8) is 0 Å². The predicted molar refractivity (Wildman–Crippen MR) is 112 cm³/mol. The SMILES string of the molecule is CCC(CC)C1(Cn2cncn2)CCN(C(=O)CCc2ccc(C)cc2)CC1. The van der Waals surface area contributed by atoms with Gasteiger partial charge in [-0.05, 0) is 43.1 Å². The first-order chi connectivity index (χ1) is 13.6. The lowest BCUT2D eigenvalue weighted by atomic mass is 9.66. The molecule has 1 aliphatic heterocycles. The quantitative estimate of drug-likeness (QED) is 0.685. The van der Waals surface area contributed by atoms with Gasteiger partial charge in [0, 0.05) is 26.1 Å². The molecule has 1 fully saturated rings. The van der Waals surface area contributed by atoms with Crippen LogP contribution >= 0.6 is 0 Å². The highest BCUT2D eigenvalue weighted by Gasteiger charge is 2.41. The van der Waals surface area contributed by atoms with Crippen LogP contribution in [-0.2, 0) is 17.8 Å². The van der Waals surface area contributed by atoms with Crippen molar-refractivity contribution >= 4 is 5.91 Å². The van der Waals surface area contributed by atoms with E-state index in [0.29, 0.717) is 18.2 Å². The fourth-order valence-electron chi connectivity index (χ4n) is 4.85. The number of piperidine rings is 1. The van der Waals surface area contributed by atoms with Crippen LogP contribution in [0.4, 0.5) is 0 Å². The van der Waals surface area contributed by atoms with Crippen LogP contribution in [0.1, 0.15) is 57.1 Å². The number of benzene rings is 1. The molecule has 1 amide bonds. The van der Waals surface area contributed by atoms with E-state index in [2.05, 4.69) is 60.0 Å². The Morgan fingerprint density at radius 3 is 2.39 bits per heavy atom. The average Bonchev–Trinajstić information content (AvgIpc) is 3.21. The van der Waals surface area contributed by atoms with Crippen LogP contribution in [0.3, 0.4) is 0 Å². The molecule has 1 aromatic heterocycles. The first-order valence-corrected chi connectivity index (χ1v) is 10.7. The lowest BCUT2D eigenvalue weighted by Gasteiger charge is -2.46. The third kappa shape index (κ3) is 4.81. The Morgan fingerprint density at radius 2 is 1.82 bits per heavy atom. The maximum absolute atomic E-state index is 12.8. The summed E-state index contributed by atoms with van der Waals surface area (Å²) in [5.41, 5.74) is 2.72. The maximum Gasteiger partial charge on any atom is 0.222 e. The van der Waals surface area contributed by atoms with Gasteiger partial charge in [-0.2, -0.15) is 5.10 Å². The monoisotopic (exact) mass is 382 g/mol. The van der Waals surface area contributed by atoms with Crippen LogP contribution in [0.5, 0.6) is 0 Å². The van der Waals surface area contributed by atoms with Crippen molar-refractivity contribution in [3.05, 3.63) is 48.0 Å². The van der Waals surface area contributed by atoms with Crippen LogP contribution < -0.4 is 0 Å². The van der Waals surface area contributed by atoms with Gasteiger partial charge in [-0.15, -0.1) is 0 Å². The third-order valence-corrected chi connectivity index (χ3v) is 6.66. The summed E-state index contributed by atoms with van der Waals surface area (Å²) in [5, 5.41) is 4.35. The Kier molecular flexibility index (Phi) is 6.87. The summed E-state index contributed by atoms with van der Waals surface area (Å²) in [7, 11) is 0. The minimum atomic E-state index is 0.213. The molecule has 5 heteroatoms. The molecule has 0 bridgehead atoms. The fourth-order valence-corrected chi connectivity index (χ4v) is 4.85. The molecule has 152 valence electrons. The van der Waals surface area contributed by atoms with E-state index in [1.165, 1.54) is 24.0 Å². The van der Waals surface area contributed by atoms with Crippen molar-refractivity contribution < 1.29 is 4.79 Å². The van der Waals surface area contributed by atoms with Crippen molar-refractivity contribution in [2.45, 2.75) is 65.8 Å². The van der Waals surface area contributed by atoms with E-state index >= 15 is 0 Å². The molecule has 0 unspecified atom stereocenters. The normalized spacial score (nSPS) is 16.5.